The summed E-state index contributed by atoms with van der Waals surface area (Å²) in [6, 6.07) is 4.61. The van der Waals surface area contributed by atoms with Crippen molar-refractivity contribution >= 4 is 5.57 Å². The van der Waals surface area contributed by atoms with Crippen molar-refractivity contribution in [3.05, 3.63) is 35.7 Å². The summed E-state index contributed by atoms with van der Waals surface area (Å²) in [5.41, 5.74) is 2.10. The Labute approximate surface area is 89.3 Å². The number of halogens is 1. The molecule has 1 nitrogen and oxygen atoms in total. The second-order valence-electron chi connectivity index (χ2n) is 4.28. The number of aromatic hydroxyl groups is 1. The highest BCUT2D eigenvalue weighted by atomic mass is 19.1. The molecule has 1 unspecified atom stereocenters. The van der Waals surface area contributed by atoms with E-state index in [4.69, 9.17) is 5.11 Å². The van der Waals surface area contributed by atoms with Gasteiger partial charge in [0.15, 0.2) is 11.6 Å². The van der Waals surface area contributed by atoms with Crippen LogP contribution >= 0.6 is 0 Å². The number of hydrogen-bond acceptors (Lipinski definition) is 1. The zero-order valence-electron chi connectivity index (χ0n) is 8.83. The number of allylic oxidation sites excluding steroid dienone is 2. The molecule has 0 saturated carbocycles. The third-order valence-corrected chi connectivity index (χ3v) is 2.99. The maximum atomic E-state index is 13.1. The van der Waals surface area contributed by atoms with E-state index in [9.17, 15) is 4.39 Å². The molecule has 0 aliphatic heterocycles. The molecule has 1 aliphatic carbocycles. The predicted molar refractivity (Wildman–Crippen MR) is 59.1 cm³/mol. The summed E-state index contributed by atoms with van der Waals surface area (Å²) >= 11 is 0. The molecule has 0 spiro atoms. The Morgan fingerprint density at radius 1 is 1.40 bits per heavy atom. The number of hydrogen-bond donors (Lipinski definition) is 1. The van der Waals surface area contributed by atoms with Crippen molar-refractivity contribution in [3.8, 4) is 5.75 Å². The van der Waals surface area contributed by atoms with E-state index in [1.54, 1.807) is 6.07 Å². The van der Waals surface area contributed by atoms with Gasteiger partial charge >= 0.3 is 0 Å². The van der Waals surface area contributed by atoms with Crippen molar-refractivity contribution in [1.82, 2.24) is 0 Å². The van der Waals surface area contributed by atoms with Gasteiger partial charge in [-0.2, -0.15) is 0 Å². The van der Waals surface area contributed by atoms with E-state index in [0.29, 0.717) is 0 Å². The summed E-state index contributed by atoms with van der Waals surface area (Å²) in [5, 5.41) is 9.09. The Kier molecular flexibility index (Phi) is 2.76. The van der Waals surface area contributed by atoms with Crippen molar-refractivity contribution in [3.63, 3.8) is 0 Å². The molecule has 1 atom stereocenters. The lowest BCUT2D eigenvalue weighted by Gasteiger charge is -2.18. The summed E-state index contributed by atoms with van der Waals surface area (Å²) in [4.78, 5) is 0. The number of benzene rings is 1. The Balaban J connectivity index is 2.26. The fourth-order valence-corrected chi connectivity index (χ4v) is 1.93. The topological polar surface area (TPSA) is 20.2 Å². The molecule has 2 rings (SSSR count). The summed E-state index contributed by atoms with van der Waals surface area (Å²) in [7, 11) is 0. The van der Waals surface area contributed by atoms with Crippen molar-refractivity contribution in [1.29, 1.82) is 0 Å². The zero-order valence-corrected chi connectivity index (χ0v) is 8.83. The number of rotatable bonds is 1. The first-order valence-electron chi connectivity index (χ1n) is 5.34. The lowest BCUT2D eigenvalue weighted by molar-refractivity contribution is 0.432. The largest absolute Gasteiger partial charge is 0.505 e. The Bertz CT molecular complexity index is 396. The maximum Gasteiger partial charge on any atom is 0.165 e. The molecule has 0 bridgehead atoms. The van der Waals surface area contributed by atoms with E-state index < -0.39 is 5.82 Å². The van der Waals surface area contributed by atoms with Crippen LogP contribution in [0.1, 0.15) is 31.7 Å². The van der Waals surface area contributed by atoms with Gasteiger partial charge in [0.25, 0.3) is 0 Å². The molecular weight excluding hydrogens is 191 g/mol. The molecule has 0 amide bonds. The molecule has 2 heteroatoms. The van der Waals surface area contributed by atoms with Crippen molar-refractivity contribution in [2.24, 2.45) is 5.92 Å². The third kappa shape index (κ3) is 2.20. The molecule has 15 heavy (non-hydrogen) atoms. The van der Waals surface area contributed by atoms with E-state index in [2.05, 4.69) is 13.0 Å². The molecule has 1 N–H and O–H groups in total. The van der Waals surface area contributed by atoms with Crippen LogP contribution in [0.3, 0.4) is 0 Å². The summed E-state index contributed by atoms with van der Waals surface area (Å²) in [6.07, 6.45) is 5.41. The fraction of sp³-hybridized carbons (Fsp3) is 0.385. The Morgan fingerprint density at radius 3 is 2.80 bits per heavy atom. The lowest BCUT2D eigenvalue weighted by Crippen LogP contribution is -2.01. The summed E-state index contributed by atoms with van der Waals surface area (Å²) in [5.74, 6) is -0.0775. The van der Waals surface area contributed by atoms with Gasteiger partial charge in [0.2, 0.25) is 0 Å². The molecule has 0 heterocycles. The van der Waals surface area contributed by atoms with Crippen molar-refractivity contribution < 1.29 is 9.50 Å². The standard InChI is InChI=1S/C13H15FO/c1-9-2-4-10(5-3-9)11-6-7-13(15)12(14)8-11/h4,6-9,15H,2-3,5H2,1H3. The van der Waals surface area contributed by atoms with Crippen LogP contribution in [-0.4, -0.2) is 5.11 Å². The van der Waals surface area contributed by atoms with Crippen LogP contribution in [0.2, 0.25) is 0 Å². The second kappa shape index (κ2) is 4.05. The van der Waals surface area contributed by atoms with Gasteiger partial charge in [-0.15, -0.1) is 0 Å². The highest BCUT2D eigenvalue weighted by Crippen LogP contribution is 2.31. The third-order valence-electron chi connectivity index (χ3n) is 2.99. The first-order chi connectivity index (χ1) is 7.16. The smallest absolute Gasteiger partial charge is 0.165 e. The average Bonchev–Trinajstić information content (AvgIpc) is 2.23. The SMILES string of the molecule is CC1CC=C(c2ccc(O)c(F)c2)CC1. The molecule has 0 saturated heterocycles. The molecule has 0 radical (unpaired) electrons. The van der Waals surface area contributed by atoms with Crippen LogP contribution in [0.5, 0.6) is 5.75 Å². The van der Waals surface area contributed by atoms with Gasteiger partial charge in [0.05, 0.1) is 0 Å². The summed E-state index contributed by atoms with van der Waals surface area (Å²) < 4.78 is 13.1. The van der Waals surface area contributed by atoms with Gasteiger partial charge in [0, 0.05) is 0 Å². The molecule has 0 aromatic heterocycles. The minimum atomic E-state index is -0.535. The Hall–Kier alpha value is -1.31. The van der Waals surface area contributed by atoms with Crippen LogP contribution in [-0.2, 0) is 0 Å². The molecular formula is C13H15FO. The van der Waals surface area contributed by atoms with Gasteiger partial charge in [-0.3, -0.25) is 0 Å². The average molecular weight is 206 g/mol. The van der Waals surface area contributed by atoms with E-state index in [1.807, 2.05) is 0 Å². The van der Waals surface area contributed by atoms with Crippen molar-refractivity contribution in [2.75, 3.05) is 0 Å². The quantitative estimate of drug-likeness (QED) is 0.742. The molecule has 0 fully saturated rings. The van der Waals surface area contributed by atoms with Crippen molar-refractivity contribution in [2.45, 2.75) is 26.2 Å². The zero-order chi connectivity index (χ0) is 10.8. The number of phenolic OH excluding ortho intramolecular Hbond substituents is 1. The van der Waals surface area contributed by atoms with Crippen LogP contribution < -0.4 is 0 Å². The fourth-order valence-electron chi connectivity index (χ4n) is 1.93. The summed E-state index contributed by atoms with van der Waals surface area (Å²) in [6.45, 7) is 2.23. The van der Waals surface area contributed by atoms with E-state index in [1.165, 1.54) is 17.7 Å². The van der Waals surface area contributed by atoms with Gasteiger partial charge < -0.3 is 5.11 Å². The van der Waals surface area contributed by atoms with Crippen LogP contribution in [0.25, 0.3) is 5.57 Å². The van der Waals surface area contributed by atoms with Crippen LogP contribution in [0, 0.1) is 11.7 Å². The van der Waals surface area contributed by atoms with Crippen LogP contribution in [0.15, 0.2) is 24.3 Å². The monoisotopic (exact) mass is 206 g/mol. The first-order valence-corrected chi connectivity index (χ1v) is 5.34. The second-order valence-corrected chi connectivity index (χ2v) is 4.28. The molecule has 1 aliphatic rings. The Morgan fingerprint density at radius 2 is 2.20 bits per heavy atom. The maximum absolute atomic E-state index is 13.1. The highest BCUT2D eigenvalue weighted by molar-refractivity contribution is 5.66. The molecule has 1 aromatic rings. The van der Waals surface area contributed by atoms with E-state index in [-0.39, 0.29) is 5.75 Å². The normalized spacial score (nSPS) is 21.2. The molecule has 1 aromatic carbocycles. The van der Waals surface area contributed by atoms with E-state index in [0.717, 1.165) is 30.7 Å². The van der Waals surface area contributed by atoms with Gasteiger partial charge in [-0.05, 0) is 48.4 Å². The van der Waals surface area contributed by atoms with Gasteiger partial charge in [-0.25, -0.2) is 4.39 Å². The predicted octanol–water partition coefficient (Wildman–Crippen LogP) is 3.73. The highest BCUT2D eigenvalue weighted by Gasteiger charge is 2.12. The lowest BCUT2D eigenvalue weighted by atomic mass is 9.88. The van der Waals surface area contributed by atoms with Gasteiger partial charge in [-0.1, -0.05) is 19.1 Å². The van der Waals surface area contributed by atoms with Gasteiger partial charge in [0.1, 0.15) is 0 Å². The number of phenols is 1. The first kappa shape index (κ1) is 10.2. The minimum absolute atomic E-state index is 0.275. The molecule has 80 valence electrons. The van der Waals surface area contributed by atoms with E-state index >= 15 is 0 Å². The minimum Gasteiger partial charge on any atom is -0.505 e. The van der Waals surface area contributed by atoms with Crippen LogP contribution in [0.4, 0.5) is 4.39 Å².